The van der Waals surface area contributed by atoms with Gasteiger partial charge in [-0.3, -0.25) is 4.79 Å². The van der Waals surface area contributed by atoms with Gasteiger partial charge >= 0.3 is 0 Å². The number of nitrogens with zero attached hydrogens (tertiary/aromatic N) is 1. The fourth-order valence-electron chi connectivity index (χ4n) is 1.67. The molecule has 17 heavy (non-hydrogen) atoms. The molecule has 0 atom stereocenters. The van der Waals surface area contributed by atoms with Crippen molar-refractivity contribution in [3.05, 3.63) is 32.9 Å². The number of benzene rings is 1. The minimum atomic E-state index is -0.0119. The average Bonchev–Trinajstić information content (AvgIpc) is 2.28. The third kappa shape index (κ3) is 3.42. The highest BCUT2D eigenvalue weighted by Gasteiger charge is 2.20. The smallest absolute Gasteiger partial charge is 0.255 e. The van der Waals surface area contributed by atoms with E-state index in [1.54, 1.807) is 4.90 Å². The van der Waals surface area contributed by atoms with Crippen molar-refractivity contribution in [2.24, 2.45) is 0 Å². The first-order chi connectivity index (χ1) is 7.99. The van der Waals surface area contributed by atoms with Crippen molar-refractivity contribution in [3.8, 4) is 0 Å². The summed E-state index contributed by atoms with van der Waals surface area (Å²) < 4.78 is 0.985. The van der Waals surface area contributed by atoms with Crippen molar-refractivity contribution in [2.45, 2.75) is 26.8 Å². The van der Waals surface area contributed by atoms with E-state index in [1.807, 2.05) is 39.0 Å². The normalized spacial score (nSPS) is 10.7. The molecule has 0 aromatic heterocycles. The van der Waals surface area contributed by atoms with Crippen molar-refractivity contribution in [1.29, 1.82) is 0 Å². The number of hydrogen-bond acceptors (Lipinski definition) is 2. The minimum absolute atomic E-state index is 0.00762. The summed E-state index contributed by atoms with van der Waals surface area (Å²) in [5.74, 6) is -0.0119. The first-order valence-corrected chi connectivity index (χ1v) is 6.73. The van der Waals surface area contributed by atoms with Crippen molar-refractivity contribution in [1.82, 2.24) is 4.90 Å². The molecule has 0 aliphatic heterocycles. The number of carbonyl (C=O) groups is 1. The van der Waals surface area contributed by atoms with Crippen molar-refractivity contribution >= 4 is 28.5 Å². The zero-order chi connectivity index (χ0) is 13.0. The van der Waals surface area contributed by atoms with Crippen LogP contribution in [0, 0.1) is 10.5 Å². The Labute approximate surface area is 116 Å². The van der Waals surface area contributed by atoms with Gasteiger partial charge in [0.2, 0.25) is 0 Å². The van der Waals surface area contributed by atoms with Crippen LogP contribution in [0.5, 0.6) is 0 Å². The maximum absolute atomic E-state index is 12.4. The molecule has 4 heteroatoms. The van der Waals surface area contributed by atoms with Crippen LogP contribution in [0.4, 0.5) is 0 Å². The minimum Gasteiger partial charge on any atom is -0.395 e. The Morgan fingerprint density at radius 1 is 1.47 bits per heavy atom. The summed E-state index contributed by atoms with van der Waals surface area (Å²) in [7, 11) is 0. The molecule has 1 rings (SSSR count). The molecule has 0 bridgehead atoms. The van der Waals surface area contributed by atoms with Gasteiger partial charge in [0.25, 0.3) is 5.91 Å². The van der Waals surface area contributed by atoms with Crippen LogP contribution in [-0.4, -0.2) is 35.1 Å². The van der Waals surface area contributed by atoms with E-state index >= 15 is 0 Å². The summed E-state index contributed by atoms with van der Waals surface area (Å²) >= 11 is 2.20. The number of aliphatic hydroxyl groups excluding tert-OH is 1. The van der Waals surface area contributed by atoms with E-state index < -0.39 is 0 Å². The molecule has 0 spiro atoms. The van der Waals surface area contributed by atoms with Crippen molar-refractivity contribution in [3.63, 3.8) is 0 Å². The molecule has 0 radical (unpaired) electrons. The van der Waals surface area contributed by atoms with E-state index in [2.05, 4.69) is 22.6 Å². The fraction of sp³-hybridized carbons (Fsp3) is 0.462. The summed E-state index contributed by atoms with van der Waals surface area (Å²) in [6, 6.07) is 5.81. The van der Waals surface area contributed by atoms with Gasteiger partial charge in [-0.05, 0) is 55.0 Å². The molecule has 94 valence electrons. The topological polar surface area (TPSA) is 40.5 Å². The Morgan fingerprint density at radius 2 is 2.12 bits per heavy atom. The summed E-state index contributed by atoms with van der Waals surface area (Å²) in [4.78, 5) is 14.1. The number of halogens is 1. The van der Waals surface area contributed by atoms with Gasteiger partial charge in [0.1, 0.15) is 0 Å². The van der Waals surface area contributed by atoms with Crippen LogP contribution in [0.3, 0.4) is 0 Å². The van der Waals surface area contributed by atoms with Crippen LogP contribution >= 0.6 is 22.6 Å². The quantitative estimate of drug-likeness (QED) is 0.850. The number of amides is 1. The van der Waals surface area contributed by atoms with E-state index in [1.165, 1.54) is 0 Å². The summed E-state index contributed by atoms with van der Waals surface area (Å²) in [5, 5.41) is 9.01. The highest BCUT2D eigenvalue weighted by Crippen LogP contribution is 2.19. The molecule has 0 saturated carbocycles. The second kappa shape index (κ2) is 6.35. The fourth-order valence-corrected chi connectivity index (χ4v) is 2.26. The molecule has 0 aliphatic carbocycles. The van der Waals surface area contributed by atoms with Crippen LogP contribution in [0.2, 0.25) is 0 Å². The third-order valence-electron chi connectivity index (χ3n) is 2.65. The summed E-state index contributed by atoms with van der Waals surface area (Å²) in [6.07, 6.45) is 0. The van der Waals surface area contributed by atoms with Crippen LogP contribution in [0.25, 0.3) is 0 Å². The molecule has 0 saturated heterocycles. The number of rotatable bonds is 4. The van der Waals surface area contributed by atoms with E-state index in [0.717, 1.165) is 9.13 Å². The molecule has 0 fully saturated rings. The van der Waals surface area contributed by atoms with Gasteiger partial charge in [0, 0.05) is 16.2 Å². The Morgan fingerprint density at radius 3 is 2.65 bits per heavy atom. The van der Waals surface area contributed by atoms with Crippen molar-refractivity contribution in [2.75, 3.05) is 13.2 Å². The van der Waals surface area contributed by atoms with E-state index in [-0.39, 0.29) is 18.6 Å². The Hall–Kier alpha value is -0.620. The van der Waals surface area contributed by atoms with Gasteiger partial charge in [0.05, 0.1) is 12.2 Å². The second-order valence-corrected chi connectivity index (χ2v) is 5.33. The van der Waals surface area contributed by atoms with E-state index in [4.69, 9.17) is 5.11 Å². The van der Waals surface area contributed by atoms with Gasteiger partial charge in [-0.25, -0.2) is 0 Å². The highest BCUT2D eigenvalue weighted by atomic mass is 127. The van der Waals surface area contributed by atoms with Gasteiger partial charge in [-0.2, -0.15) is 0 Å². The van der Waals surface area contributed by atoms with Gasteiger partial charge in [-0.15, -0.1) is 0 Å². The number of aliphatic hydroxyl groups is 1. The van der Waals surface area contributed by atoms with Gasteiger partial charge in [0.15, 0.2) is 0 Å². The monoisotopic (exact) mass is 347 g/mol. The lowest BCUT2D eigenvalue weighted by molar-refractivity contribution is 0.0664. The third-order valence-corrected chi connectivity index (χ3v) is 4.08. The molecule has 0 unspecified atom stereocenters. The maximum atomic E-state index is 12.4. The summed E-state index contributed by atoms with van der Waals surface area (Å²) in [5.41, 5.74) is 1.82. The largest absolute Gasteiger partial charge is 0.395 e. The predicted molar refractivity (Wildman–Crippen MR) is 77.2 cm³/mol. The maximum Gasteiger partial charge on any atom is 0.255 e. The van der Waals surface area contributed by atoms with Crippen LogP contribution in [-0.2, 0) is 0 Å². The Bertz CT molecular complexity index is 404. The molecular weight excluding hydrogens is 329 g/mol. The highest BCUT2D eigenvalue weighted by molar-refractivity contribution is 14.1. The zero-order valence-electron chi connectivity index (χ0n) is 10.4. The molecule has 0 aliphatic rings. The van der Waals surface area contributed by atoms with Crippen molar-refractivity contribution < 1.29 is 9.90 Å². The van der Waals surface area contributed by atoms with Crippen LogP contribution in [0.1, 0.15) is 29.8 Å². The molecule has 1 amide bonds. The second-order valence-electron chi connectivity index (χ2n) is 4.25. The molecule has 1 aromatic carbocycles. The average molecular weight is 347 g/mol. The molecular formula is C13H18INO2. The van der Waals surface area contributed by atoms with E-state index in [9.17, 15) is 4.79 Å². The van der Waals surface area contributed by atoms with E-state index in [0.29, 0.717) is 12.1 Å². The lowest BCUT2D eigenvalue weighted by Crippen LogP contribution is -2.39. The molecule has 1 aromatic rings. The first-order valence-electron chi connectivity index (χ1n) is 5.66. The van der Waals surface area contributed by atoms with Crippen LogP contribution in [0.15, 0.2) is 18.2 Å². The molecule has 1 N–H and O–H groups in total. The molecule has 0 heterocycles. The Balaban J connectivity index is 3.05. The van der Waals surface area contributed by atoms with Gasteiger partial charge < -0.3 is 10.0 Å². The Kier molecular flexibility index (Phi) is 5.39. The molecule has 3 nitrogen and oxygen atoms in total. The SMILES string of the molecule is Cc1cccc(C(=O)N(CCO)C(C)C)c1I. The number of hydrogen-bond donors (Lipinski definition) is 1. The summed E-state index contributed by atoms with van der Waals surface area (Å²) in [6.45, 7) is 6.27. The first kappa shape index (κ1) is 14.4. The lowest BCUT2D eigenvalue weighted by Gasteiger charge is -2.26. The number of carbonyl (C=O) groups excluding carboxylic acids is 1. The zero-order valence-corrected chi connectivity index (χ0v) is 12.6. The predicted octanol–water partition coefficient (Wildman–Crippen LogP) is 2.44. The standard InChI is InChI=1S/C13H18INO2/c1-9(2)15(7-8-16)13(17)11-6-4-5-10(3)12(11)14/h4-6,9,16H,7-8H2,1-3H3. The lowest BCUT2D eigenvalue weighted by atomic mass is 10.1. The number of aryl methyl sites for hydroxylation is 1. The van der Waals surface area contributed by atoms with Gasteiger partial charge in [-0.1, -0.05) is 12.1 Å². The van der Waals surface area contributed by atoms with Crippen LogP contribution < -0.4 is 0 Å².